The highest BCUT2D eigenvalue weighted by molar-refractivity contribution is 7.85. The Bertz CT molecular complexity index is 298. The number of hydrogen-bond acceptors (Lipinski definition) is 4. The van der Waals surface area contributed by atoms with Crippen LogP contribution in [0.3, 0.4) is 0 Å². The zero-order valence-electron chi connectivity index (χ0n) is 7.69. The lowest BCUT2D eigenvalue weighted by atomic mass is 10.2. The van der Waals surface area contributed by atoms with Crippen molar-refractivity contribution in [1.82, 2.24) is 4.90 Å². The molecule has 0 spiro atoms. The molecule has 6 heteroatoms. The summed E-state index contributed by atoms with van der Waals surface area (Å²) in [5, 5.41) is 0. The Morgan fingerprint density at radius 1 is 1.62 bits per heavy atom. The molecular formula is C7H13NO4S. The van der Waals surface area contributed by atoms with Gasteiger partial charge in [0.1, 0.15) is 0 Å². The van der Waals surface area contributed by atoms with E-state index in [1.165, 1.54) is 4.90 Å². The van der Waals surface area contributed by atoms with Crippen LogP contribution in [0.2, 0.25) is 0 Å². The minimum Gasteiger partial charge on any atom is -0.340 e. The molecule has 1 aliphatic rings. The molecule has 0 unspecified atom stereocenters. The Kier molecular flexibility index (Phi) is 2.92. The Hall–Kier alpha value is -0.620. The van der Waals surface area contributed by atoms with E-state index in [2.05, 4.69) is 4.18 Å². The third-order valence-corrected chi connectivity index (χ3v) is 2.67. The van der Waals surface area contributed by atoms with Gasteiger partial charge in [0.2, 0.25) is 5.91 Å². The van der Waals surface area contributed by atoms with Crippen LogP contribution in [0.5, 0.6) is 0 Å². The van der Waals surface area contributed by atoms with E-state index in [1.807, 2.05) is 0 Å². The van der Waals surface area contributed by atoms with Gasteiger partial charge >= 0.3 is 0 Å². The fourth-order valence-corrected chi connectivity index (χ4v) is 1.67. The number of nitrogens with zero attached hydrogens (tertiary/aromatic N) is 1. The fourth-order valence-electron chi connectivity index (χ4n) is 1.26. The molecule has 0 bridgehead atoms. The number of amides is 1. The predicted octanol–water partition coefficient (Wildman–Crippen LogP) is -0.417. The summed E-state index contributed by atoms with van der Waals surface area (Å²) in [6, 6.07) is -0.0952. The summed E-state index contributed by atoms with van der Waals surface area (Å²) < 4.78 is 25.9. The van der Waals surface area contributed by atoms with Crippen LogP contribution in [-0.2, 0) is 19.1 Å². The first kappa shape index (κ1) is 10.5. The van der Waals surface area contributed by atoms with Gasteiger partial charge in [-0.25, -0.2) is 0 Å². The summed E-state index contributed by atoms with van der Waals surface area (Å²) in [5.74, 6) is 0.0436. The SMILES string of the molecule is CN1C(=O)CC[C@@H]1COS(C)(=O)=O. The molecule has 0 aliphatic carbocycles. The van der Waals surface area contributed by atoms with Gasteiger partial charge in [0.25, 0.3) is 10.1 Å². The third-order valence-electron chi connectivity index (χ3n) is 2.11. The molecule has 1 amide bonds. The number of carbonyl (C=O) groups excluding carboxylic acids is 1. The molecule has 5 nitrogen and oxygen atoms in total. The maximum absolute atomic E-state index is 11.0. The molecule has 76 valence electrons. The largest absolute Gasteiger partial charge is 0.340 e. The van der Waals surface area contributed by atoms with Gasteiger partial charge in [-0.3, -0.25) is 8.98 Å². The Morgan fingerprint density at radius 2 is 2.23 bits per heavy atom. The van der Waals surface area contributed by atoms with Crippen molar-refractivity contribution in [1.29, 1.82) is 0 Å². The molecule has 1 atom stereocenters. The van der Waals surface area contributed by atoms with Gasteiger partial charge in [-0.1, -0.05) is 0 Å². The van der Waals surface area contributed by atoms with Crippen molar-refractivity contribution >= 4 is 16.0 Å². The van der Waals surface area contributed by atoms with Gasteiger partial charge in [0.15, 0.2) is 0 Å². The summed E-state index contributed by atoms with van der Waals surface area (Å²) >= 11 is 0. The summed E-state index contributed by atoms with van der Waals surface area (Å²) in [4.78, 5) is 12.6. The average molecular weight is 207 g/mol. The van der Waals surface area contributed by atoms with E-state index >= 15 is 0 Å². The zero-order valence-corrected chi connectivity index (χ0v) is 8.50. The van der Waals surface area contributed by atoms with Crippen LogP contribution < -0.4 is 0 Å². The van der Waals surface area contributed by atoms with Crippen molar-refractivity contribution in [3.8, 4) is 0 Å². The summed E-state index contributed by atoms with van der Waals surface area (Å²) in [7, 11) is -1.73. The minimum atomic E-state index is -3.39. The highest BCUT2D eigenvalue weighted by atomic mass is 32.2. The second-order valence-corrected chi connectivity index (χ2v) is 4.83. The van der Waals surface area contributed by atoms with E-state index in [0.29, 0.717) is 12.8 Å². The second kappa shape index (κ2) is 3.63. The Balaban J connectivity index is 2.43. The van der Waals surface area contributed by atoms with E-state index in [9.17, 15) is 13.2 Å². The van der Waals surface area contributed by atoms with Crippen LogP contribution in [-0.4, -0.2) is 45.2 Å². The minimum absolute atomic E-state index is 0.0436. The number of rotatable bonds is 3. The topological polar surface area (TPSA) is 63.7 Å². The standard InChI is InChI=1S/C7H13NO4S/c1-8-6(3-4-7(8)9)5-12-13(2,10)11/h6H,3-5H2,1-2H3/t6-/m1/s1. The second-order valence-electron chi connectivity index (χ2n) is 3.19. The molecule has 1 rings (SSSR count). The molecule has 0 radical (unpaired) electrons. The van der Waals surface area contributed by atoms with Crippen molar-refractivity contribution in [2.24, 2.45) is 0 Å². The molecule has 0 aromatic carbocycles. The molecule has 1 aliphatic heterocycles. The lowest BCUT2D eigenvalue weighted by molar-refractivity contribution is -0.127. The number of carbonyl (C=O) groups is 1. The van der Waals surface area contributed by atoms with E-state index < -0.39 is 10.1 Å². The van der Waals surface area contributed by atoms with Crippen LogP contribution in [0.25, 0.3) is 0 Å². The van der Waals surface area contributed by atoms with Crippen molar-refractivity contribution in [2.45, 2.75) is 18.9 Å². The van der Waals surface area contributed by atoms with Gasteiger partial charge in [-0.05, 0) is 6.42 Å². The molecule has 0 N–H and O–H groups in total. The van der Waals surface area contributed by atoms with Crippen LogP contribution in [0, 0.1) is 0 Å². The summed E-state index contributed by atoms with van der Waals surface area (Å²) in [6.45, 7) is 0.0705. The summed E-state index contributed by atoms with van der Waals surface area (Å²) in [6.07, 6.45) is 2.16. The smallest absolute Gasteiger partial charge is 0.264 e. The monoisotopic (exact) mass is 207 g/mol. The van der Waals surface area contributed by atoms with Crippen LogP contribution >= 0.6 is 0 Å². The first-order valence-corrected chi connectivity index (χ1v) is 5.82. The normalized spacial score (nSPS) is 24.0. The molecule has 0 aromatic heterocycles. The fraction of sp³-hybridized carbons (Fsp3) is 0.857. The van der Waals surface area contributed by atoms with Crippen LogP contribution in [0.15, 0.2) is 0 Å². The van der Waals surface area contributed by atoms with E-state index in [4.69, 9.17) is 0 Å². The van der Waals surface area contributed by atoms with Gasteiger partial charge in [-0.15, -0.1) is 0 Å². The van der Waals surface area contributed by atoms with E-state index in [1.54, 1.807) is 7.05 Å². The van der Waals surface area contributed by atoms with E-state index in [0.717, 1.165) is 6.26 Å². The molecule has 1 heterocycles. The molecular weight excluding hydrogens is 194 g/mol. The number of likely N-dealkylation sites (N-methyl/N-ethyl adjacent to an activating group) is 1. The van der Waals surface area contributed by atoms with Crippen LogP contribution in [0.1, 0.15) is 12.8 Å². The van der Waals surface area contributed by atoms with E-state index in [-0.39, 0.29) is 18.6 Å². The van der Waals surface area contributed by atoms with Crippen molar-refractivity contribution < 1.29 is 17.4 Å². The van der Waals surface area contributed by atoms with Gasteiger partial charge in [0, 0.05) is 13.5 Å². The Morgan fingerprint density at radius 3 is 2.62 bits per heavy atom. The number of hydrogen-bond donors (Lipinski definition) is 0. The maximum atomic E-state index is 11.0. The Labute approximate surface area is 77.8 Å². The molecule has 0 saturated carbocycles. The summed E-state index contributed by atoms with van der Waals surface area (Å²) in [5.41, 5.74) is 0. The zero-order chi connectivity index (χ0) is 10.1. The van der Waals surface area contributed by atoms with Crippen molar-refractivity contribution in [3.05, 3.63) is 0 Å². The van der Waals surface area contributed by atoms with Gasteiger partial charge in [0.05, 0.1) is 18.9 Å². The maximum Gasteiger partial charge on any atom is 0.264 e. The quantitative estimate of drug-likeness (QED) is 0.590. The highest BCUT2D eigenvalue weighted by Gasteiger charge is 2.28. The van der Waals surface area contributed by atoms with Crippen molar-refractivity contribution in [3.63, 3.8) is 0 Å². The molecule has 1 saturated heterocycles. The predicted molar refractivity (Wildman–Crippen MR) is 46.6 cm³/mol. The number of likely N-dealkylation sites (tertiary alicyclic amines) is 1. The highest BCUT2D eigenvalue weighted by Crippen LogP contribution is 2.16. The first-order valence-electron chi connectivity index (χ1n) is 4.00. The molecule has 13 heavy (non-hydrogen) atoms. The molecule has 1 fully saturated rings. The lowest BCUT2D eigenvalue weighted by Crippen LogP contribution is -2.33. The third kappa shape index (κ3) is 2.96. The average Bonchev–Trinajstić information content (AvgIpc) is 2.29. The van der Waals surface area contributed by atoms with Gasteiger partial charge in [-0.2, -0.15) is 8.42 Å². The molecule has 0 aromatic rings. The first-order chi connectivity index (χ1) is 5.90. The lowest BCUT2D eigenvalue weighted by Gasteiger charge is -2.18. The van der Waals surface area contributed by atoms with Crippen molar-refractivity contribution in [2.75, 3.05) is 19.9 Å². The van der Waals surface area contributed by atoms with Gasteiger partial charge < -0.3 is 4.90 Å². The van der Waals surface area contributed by atoms with Crippen LogP contribution in [0.4, 0.5) is 0 Å².